The molecule has 134 valence electrons. The third-order valence-electron chi connectivity index (χ3n) is 5.33. The molecule has 2 fully saturated rings. The molecule has 0 aliphatic carbocycles. The van der Waals surface area contributed by atoms with E-state index in [1.807, 2.05) is 30.5 Å². The van der Waals surface area contributed by atoms with Crippen molar-refractivity contribution in [1.29, 1.82) is 0 Å². The summed E-state index contributed by atoms with van der Waals surface area (Å²) in [4.78, 5) is 19.0. The monoisotopic (exact) mass is 349 g/mol. The number of amides is 1. The summed E-state index contributed by atoms with van der Waals surface area (Å²) in [5, 5.41) is 10.4. The van der Waals surface area contributed by atoms with Gasteiger partial charge < -0.3 is 15.0 Å². The number of carbonyl (C=O) groups excluding carboxylic acids is 1. The maximum Gasteiger partial charge on any atom is 0.262 e. The van der Waals surface area contributed by atoms with Crippen LogP contribution in [0.4, 0.5) is 8.78 Å². The minimum absolute atomic E-state index is 0.00695. The molecule has 0 unspecified atom stereocenters. The van der Waals surface area contributed by atoms with Crippen molar-refractivity contribution in [3.63, 3.8) is 0 Å². The van der Waals surface area contributed by atoms with Gasteiger partial charge in [0, 0.05) is 48.7 Å². The lowest BCUT2D eigenvalue weighted by molar-refractivity contribution is -0.138. The van der Waals surface area contributed by atoms with Crippen LogP contribution in [0.1, 0.15) is 12.0 Å². The highest BCUT2D eigenvalue weighted by Gasteiger charge is 2.49. The first kappa shape index (κ1) is 16.5. The molecule has 0 radical (unpaired) electrons. The molecular formula is C18H21F2N3O2. The molecule has 2 N–H and O–H groups in total. The zero-order chi connectivity index (χ0) is 17.6. The molecule has 1 amide bonds. The summed E-state index contributed by atoms with van der Waals surface area (Å²) < 4.78 is 27.1. The number of halogens is 2. The number of carbonyl (C=O) groups is 1. The van der Waals surface area contributed by atoms with Crippen molar-refractivity contribution < 1.29 is 18.7 Å². The summed E-state index contributed by atoms with van der Waals surface area (Å²) in [5.74, 6) is -2.74. The molecule has 0 saturated carbocycles. The lowest BCUT2D eigenvalue weighted by Crippen LogP contribution is -2.62. The number of likely N-dealkylation sites (tertiary alicyclic amines) is 2. The molecule has 5 nitrogen and oxygen atoms in total. The topological polar surface area (TPSA) is 59.6 Å². The summed E-state index contributed by atoms with van der Waals surface area (Å²) in [6.45, 7) is 0.310. The van der Waals surface area contributed by atoms with Crippen LogP contribution in [0.5, 0.6) is 0 Å². The van der Waals surface area contributed by atoms with Gasteiger partial charge in [-0.15, -0.1) is 0 Å². The van der Waals surface area contributed by atoms with E-state index < -0.39 is 12.0 Å². The lowest BCUT2D eigenvalue weighted by atomic mass is 10.0. The van der Waals surface area contributed by atoms with Crippen LogP contribution in [0.2, 0.25) is 0 Å². The number of nitrogens with one attached hydrogen (secondary N) is 1. The van der Waals surface area contributed by atoms with Crippen LogP contribution in [-0.4, -0.2) is 70.0 Å². The minimum Gasteiger partial charge on any atom is -0.395 e. The van der Waals surface area contributed by atoms with Crippen molar-refractivity contribution in [3.05, 3.63) is 36.0 Å². The summed E-state index contributed by atoms with van der Waals surface area (Å²) in [6.07, 6.45) is 1.85. The van der Waals surface area contributed by atoms with Gasteiger partial charge in [-0.3, -0.25) is 9.69 Å². The molecule has 25 heavy (non-hydrogen) atoms. The lowest BCUT2D eigenvalue weighted by Gasteiger charge is -2.45. The second-order valence-corrected chi connectivity index (χ2v) is 7.06. The number of nitrogens with zero attached hydrogens (tertiary/aromatic N) is 2. The van der Waals surface area contributed by atoms with Gasteiger partial charge in [-0.05, 0) is 11.6 Å². The molecule has 3 heterocycles. The van der Waals surface area contributed by atoms with Crippen molar-refractivity contribution in [2.75, 3.05) is 26.2 Å². The molecule has 2 aliphatic heterocycles. The number of benzene rings is 1. The number of hydrogen-bond acceptors (Lipinski definition) is 3. The maximum absolute atomic E-state index is 13.6. The summed E-state index contributed by atoms with van der Waals surface area (Å²) in [6, 6.07) is 7.22. The summed E-state index contributed by atoms with van der Waals surface area (Å²) in [7, 11) is 0. The Hall–Kier alpha value is -1.99. The number of aromatic amines is 1. The van der Waals surface area contributed by atoms with Crippen LogP contribution >= 0.6 is 0 Å². The number of hydrogen-bond donors (Lipinski definition) is 2. The highest BCUT2D eigenvalue weighted by atomic mass is 19.3. The molecule has 0 bridgehead atoms. The van der Waals surface area contributed by atoms with Crippen molar-refractivity contribution in [3.8, 4) is 0 Å². The molecule has 2 aromatic rings. The fourth-order valence-corrected chi connectivity index (χ4v) is 3.94. The predicted octanol–water partition coefficient (Wildman–Crippen LogP) is 1.62. The predicted molar refractivity (Wildman–Crippen MR) is 89.5 cm³/mol. The highest BCUT2D eigenvalue weighted by Crippen LogP contribution is 2.35. The van der Waals surface area contributed by atoms with Crippen LogP contribution in [0.15, 0.2) is 30.5 Å². The van der Waals surface area contributed by atoms with Gasteiger partial charge in [0.25, 0.3) is 5.92 Å². The Balaban J connectivity index is 1.37. The van der Waals surface area contributed by atoms with E-state index >= 15 is 0 Å². The van der Waals surface area contributed by atoms with Crippen molar-refractivity contribution in [2.24, 2.45) is 0 Å². The van der Waals surface area contributed by atoms with E-state index in [1.165, 1.54) is 0 Å². The Morgan fingerprint density at radius 3 is 2.84 bits per heavy atom. The van der Waals surface area contributed by atoms with Crippen LogP contribution < -0.4 is 0 Å². The van der Waals surface area contributed by atoms with Gasteiger partial charge in [-0.1, -0.05) is 18.2 Å². The minimum atomic E-state index is -2.75. The normalized spacial score (nSPS) is 24.0. The number of aliphatic hydroxyl groups is 1. The third-order valence-corrected chi connectivity index (χ3v) is 5.33. The number of alkyl halides is 2. The van der Waals surface area contributed by atoms with Crippen LogP contribution in [0, 0.1) is 0 Å². The van der Waals surface area contributed by atoms with Crippen molar-refractivity contribution >= 4 is 16.8 Å². The Bertz CT molecular complexity index is 785. The standard InChI is InChI=1S/C18H21F2N3O2/c19-18(20)6-13(10-24)23(11-18)14-8-22(9-14)17(25)5-12-7-21-16-4-2-1-3-15(12)16/h1-4,7,13-14,21,24H,5-6,8-11H2/t13-/m0/s1. The zero-order valence-corrected chi connectivity index (χ0v) is 13.8. The number of para-hydroxylation sites is 1. The van der Waals surface area contributed by atoms with Gasteiger partial charge in [-0.25, -0.2) is 8.78 Å². The van der Waals surface area contributed by atoms with Gasteiger partial charge in [0.15, 0.2) is 0 Å². The van der Waals surface area contributed by atoms with E-state index in [9.17, 15) is 18.7 Å². The Labute approximate surface area is 144 Å². The highest BCUT2D eigenvalue weighted by molar-refractivity contribution is 5.89. The number of H-pyrrole nitrogens is 1. The molecule has 1 aromatic carbocycles. The first-order chi connectivity index (χ1) is 12.0. The summed E-state index contributed by atoms with van der Waals surface area (Å²) >= 11 is 0. The van der Waals surface area contributed by atoms with E-state index in [4.69, 9.17) is 0 Å². The van der Waals surface area contributed by atoms with E-state index in [2.05, 4.69) is 4.98 Å². The maximum atomic E-state index is 13.6. The largest absolute Gasteiger partial charge is 0.395 e. The van der Waals surface area contributed by atoms with Crippen molar-refractivity contribution in [2.45, 2.75) is 30.8 Å². The number of fused-ring (bicyclic) bond motifs is 1. The van der Waals surface area contributed by atoms with Crippen LogP contribution in [-0.2, 0) is 11.2 Å². The van der Waals surface area contributed by atoms with Crippen LogP contribution in [0.3, 0.4) is 0 Å². The third kappa shape index (κ3) is 3.02. The average molecular weight is 349 g/mol. The average Bonchev–Trinajstić information content (AvgIpc) is 3.07. The smallest absolute Gasteiger partial charge is 0.262 e. The van der Waals surface area contributed by atoms with Gasteiger partial charge in [0.2, 0.25) is 5.91 Å². The molecule has 2 saturated heterocycles. The first-order valence-corrected chi connectivity index (χ1v) is 8.54. The van der Waals surface area contributed by atoms with E-state index in [1.54, 1.807) is 9.80 Å². The zero-order valence-electron chi connectivity index (χ0n) is 13.8. The number of rotatable bonds is 4. The van der Waals surface area contributed by atoms with Gasteiger partial charge in [-0.2, -0.15) is 0 Å². The van der Waals surface area contributed by atoms with Gasteiger partial charge in [0.05, 0.1) is 19.6 Å². The molecule has 1 aromatic heterocycles. The first-order valence-electron chi connectivity index (χ1n) is 8.54. The van der Waals surface area contributed by atoms with E-state index in [0.717, 1.165) is 16.5 Å². The SMILES string of the molecule is O=C(Cc1c[nH]c2ccccc12)N1CC(N2CC(F)(F)C[C@H]2CO)C1. The van der Waals surface area contributed by atoms with Crippen LogP contribution in [0.25, 0.3) is 10.9 Å². The molecule has 1 atom stereocenters. The Kier molecular flexibility index (Phi) is 4.00. The summed E-state index contributed by atoms with van der Waals surface area (Å²) in [5.41, 5.74) is 1.95. The molecule has 0 spiro atoms. The molecular weight excluding hydrogens is 328 g/mol. The molecule has 4 rings (SSSR count). The fourth-order valence-electron chi connectivity index (χ4n) is 3.94. The molecule has 7 heteroatoms. The molecule has 2 aliphatic rings. The number of aromatic nitrogens is 1. The quantitative estimate of drug-likeness (QED) is 0.882. The van der Waals surface area contributed by atoms with Gasteiger partial charge >= 0.3 is 0 Å². The fraction of sp³-hybridized carbons (Fsp3) is 0.500. The Morgan fingerprint density at radius 2 is 2.08 bits per heavy atom. The van der Waals surface area contributed by atoms with E-state index in [-0.39, 0.29) is 31.5 Å². The Morgan fingerprint density at radius 1 is 1.32 bits per heavy atom. The number of aliphatic hydroxyl groups excluding tert-OH is 1. The second-order valence-electron chi connectivity index (χ2n) is 7.06. The van der Waals surface area contributed by atoms with Crippen molar-refractivity contribution in [1.82, 2.24) is 14.8 Å². The second kappa shape index (κ2) is 6.07. The van der Waals surface area contributed by atoms with E-state index in [0.29, 0.717) is 19.5 Å². The van der Waals surface area contributed by atoms with Gasteiger partial charge in [0.1, 0.15) is 0 Å².